The lowest BCUT2D eigenvalue weighted by Gasteiger charge is -2.10. The SMILES string of the molecule is CC(C)c1ccc(-c2nc(C(C)C)c(I)c(=O)[nH]2)cc1. The summed E-state index contributed by atoms with van der Waals surface area (Å²) in [6.07, 6.45) is 0. The molecule has 0 aliphatic carbocycles. The predicted molar refractivity (Wildman–Crippen MR) is 91.2 cm³/mol. The average molecular weight is 382 g/mol. The van der Waals surface area contributed by atoms with Gasteiger partial charge in [-0.05, 0) is 40.0 Å². The summed E-state index contributed by atoms with van der Waals surface area (Å²) in [7, 11) is 0. The van der Waals surface area contributed by atoms with Gasteiger partial charge < -0.3 is 4.98 Å². The first-order valence-electron chi connectivity index (χ1n) is 6.80. The Morgan fingerprint density at radius 2 is 1.65 bits per heavy atom. The van der Waals surface area contributed by atoms with Gasteiger partial charge in [0.05, 0.1) is 9.26 Å². The zero-order valence-corrected chi connectivity index (χ0v) is 14.4. The Morgan fingerprint density at radius 1 is 1.05 bits per heavy atom. The van der Waals surface area contributed by atoms with Crippen LogP contribution in [-0.2, 0) is 0 Å². The standard InChI is InChI=1S/C16H19IN2O/c1-9(2)11-5-7-12(8-6-11)15-18-14(10(3)4)13(17)16(20)19-15/h5-10H,1-4H3,(H,18,19,20). The summed E-state index contributed by atoms with van der Waals surface area (Å²) in [5.74, 6) is 1.38. The second-order valence-electron chi connectivity index (χ2n) is 5.55. The summed E-state index contributed by atoms with van der Waals surface area (Å²) >= 11 is 2.06. The lowest BCUT2D eigenvalue weighted by atomic mass is 10.0. The number of aromatic nitrogens is 2. The molecule has 0 saturated carbocycles. The van der Waals surface area contributed by atoms with E-state index in [1.807, 2.05) is 12.1 Å². The van der Waals surface area contributed by atoms with Crippen LogP contribution in [0.15, 0.2) is 29.1 Å². The van der Waals surface area contributed by atoms with E-state index in [0.717, 1.165) is 11.3 Å². The van der Waals surface area contributed by atoms with Gasteiger partial charge in [0, 0.05) is 5.56 Å². The van der Waals surface area contributed by atoms with Gasteiger partial charge in [-0.3, -0.25) is 4.79 Å². The summed E-state index contributed by atoms with van der Waals surface area (Å²) in [5.41, 5.74) is 3.03. The minimum Gasteiger partial charge on any atom is -0.306 e. The van der Waals surface area contributed by atoms with Crippen LogP contribution in [0.3, 0.4) is 0 Å². The molecule has 0 bridgehead atoms. The van der Waals surface area contributed by atoms with E-state index < -0.39 is 0 Å². The van der Waals surface area contributed by atoms with Crippen LogP contribution in [0.5, 0.6) is 0 Å². The molecule has 0 amide bonds. The van der Waals surface area contributed by atoms with E-state index in [1.54, 1.807) is 0 Å². The van der Waals surface area contributed by atoms with E-state index in [-0.39, 0.29) is 11.5 Å². The highest BCUT2D eigenvalue weighted by Crippen LogP contribution is 2.22. The third kappa shape index (κ3) is 3.11. The zero-order chi connectivity index (χ0) is 14.9. The first-order chi connectivity index (χ1) is 9.40. The highest BCUT2D eigenvalue weighted by atomic mass is 127. The smallest absolute Gasteiger partial charge is 0.264 e. The van der Waals surface area contributed by atoms with Crippen LogP contribution in [0.2, 0.25) is 0 Å². The number of nitrogens with zero attached hydrogens (tertiary/aromatic N) is 1. The second kappa shape index (κ2) is 6.08. The van der Waals surface area contributed by atoms with Gasteiger partial charge in [0.1, 0.15) is 5.82 Å². The molecule has 0 aliphatic rings. The van der Waals surface area contributed by atoms with Crippen molar-refractivity contribution in [3.63, 3.8) is 0 Å². The van der Waals surface area contributed by atoms with Crippen LogP contribution < -0.4 is 5.56 Å². The first-order valence-corrected chi connectivity index (χ1v) is 7.88. The Labute approximate surface area is 133 Å². The van der Waals surface area contributed by atoms with E-state index >= 15 is 0 Å². The average Bonchev–Trinajstić information content (AvgIpc) is 2.41. The van der Waals surface area contributed by atoms with Gasteiger partial charge in [-0.15, -0.1) is 0 Å². The van der Waals surface area contributed by atoms with Gasteiger partial charge in [0.25, 0.3) is 5.56 Å². The molecule has 3 nitrogen and oxygen atoms in total. The topological polar surface area (TPSA) is 45.8 Å². The van der Waals surface area contributed by atoms with Crippen molar-refractivity contribution in [2.45, 2.75) is 39.5 Å². The molecule has 0 atom stereocenters. The summed E-state index contributed by atoms with van der Waals surface area (Å²) in [4.78, 5) is 19.5. The summed E-state index contributed by atoms with van der Waals surface area (Å²) in [6.45, 7) is 8.43. The Hall–Kier alpha value is -1.17. The van der Waals surface area contributed by atoms with E-state index in [0.29, 0.717) is 15.3 Å². The number of hydrogen-bond donors (Lipinski definition) is 1. The van der Waals surface area contributed by atoms with Crippen molar-refractivity contribution >= 4 is 22.6 Å². The molecule has 20 heavy (non-hydrogen) atoms. The van der Waals surface area contributed by atoms with Crippen molar-refractivity contribution in [1.82, 2.24) is 9.97 Å². The lowest BCUT2D eigenvalue weighted by Crippen LogP contribution is -2.17. The number of hydrogen-bond acceptors (Lipinski definition) is 2. The number of benzene rings is 1. The fourth-order valence-electron chi connectivity index (χ4n) is 2.02. The first kappa shape index (κ1) is 15.2. The maximum atomic E-state index is 12.0. The minimum atomic E-state index is -0.0627. The maximum Gasteiger partial charge on any atom is 0.264 e. The molecular weight excluding hydrogens is 363 g/mol. The van der Waals surface area contributed by atoms with Crippen molar-refractivity contribution < 1.29 is 0 Å². The molecule has 0 fully saturated rings. The molecule has 2 rings (SSSR count). The van der Waals surface area contributed by atoms with Crippen molar-refractivity contribution in [3.8, 4) is 11.4 Å². The Morgan fingerprint density at radius 3 is 2.15 bits per heavy atom. The predicted octanol–water partition coefficient (Wildman–Crippen LogP) is 4.29. The fraction of sp³-hybridized carbons (Fsp3) is 0.375. The zero-order valence-electron chi connectivity index (χ0n) is 12.2. The van der Waals surface area contributed by atoms with Crippen LogP contribution in [0.1, 0.15) is 50.8 Å². The Kier molecular flexibility index (Phi) is 4.62. The van der Waals surface area contributed by atoms with Gasteiger partial charge in [-0.2, -0.15) is 0 Å². The molecule has 1 heterocycles. The van der Waals surface area contributed by atoms with E-state index in [4.69, 9.17) is 0 Å². The third-order valence-electron chi connectivity index (χ3n) is 3.29. The van der Waals surface area contributed by atoms with Crippen LogP contribution in [0.25, 0.3) is 11.4 Å². The van der Waals surface area contributed by atoms with Gasteiger partial charge in [0.2, 0.25) is 0 Å². The number of H-pyrrole nitrogens is 1. The summed E-state index contributed by atoms with van der Waals surface area (Å²) < 4.78 is 0.681. The molecular formula is C16H19IN2O. The number of aromatic amines is 1. The fourth-order valence-corrected chi connectivity index (χ4v) is 2.90. The van der Waals surface area contributed by atoms with E-state index in [1.165, 1.54) is 5.56 Å². The molecule has 2 aromatic rings. The second-order valence-corrected chi connectivity index (χ2v) is 6.62. The number of rotatable bonds is 3. The minimum absolute atomic E-state index is 0.0627. The Balaban J connectivity index is 2.50. The largest absolute Gasteiger partial charge is 0.306 e. The normalized spacial score (nSPS) is 11.3. The molecule has 4 heteroatoms. The molecule has 106 valence electrons. The van der Waals surface area contributed by atoms with Gasteiger partial charge in [-0.25, -0.2) is 4.98 Å². The van der Waals surface area contributed by atoms with Crippen molar-refractivity contribution in [3.05, 3.63) is 49.4 Å². The quantitative estimate of drug-likeness (QED) is 0.806. The van der Waals surface area contributed by atoms with Crippen LogP contribution in [-0.4, -0.2) is 9.97 Å². The van der Waals surface area contributed by atoms with Gasteiger partial charge in [0.15, 0.2) is 0 Å². The molecule has 0 spiro atoms. The van der Waals surface area contributed by atoms with Crippen molar-refractivity contribution in [2.24, 2.45) is 0 Å². The van der Waals surface area contributed by atoms with Crippen LogP contribution in [0, 0.1) is 3.57 Å². The highest BCUT2D eigenvalue weighted by Gasteiger charge is 2.13. The van der Waals surface area contributed by atoms with Crippen LogP contribution >= 0.6 is 22.6 Å². The van der Waals surface area contributed by atoms with Crippen molar-refractivity contribution in [1.29, 1.82) is 0 Å². The summed E-state index contributed by atoms with van der Waals surface area (Å²) in [6, 6.07) is 8.22. The monoisotopic (exact) mass is 382 g/mol. The molecule has 1 aromatic heterocycles. The van der Waals surface area contributed by atoms with E-state index in [9.17, 15) is 4.79 Å². The molecule has 0 aliphatic heterocycles. The lowest BCUT2D eigenvalue weighted by molar-refractivity contribution is 0.802. The number of halogens is 1. The molecule has 1 N–H and O–H groups in total. The third-order valence-corrected chi connectivity index (χ3v) is 4.33. The molecule has 1 aromatic carbocycles. The highest BCUT2D eigenvalue weighted by molar-refractivity contribution is 14.1. The van der Waals surface area contributed by atoms with Gasteiger partial charge >= 0.3 is 0 Å². The molecule has 0 saturated heterocycles. The van der Waals surface area contributed by atoms with Crippen molar-refractivity contribution in [2.75, 3.05) is 0 Å². The maximum absolute atomic E-state index is 12.0. The number of nitrogens with one attached hydrogen (secondary N) is 1. The van der Waals surface area contributed by atoms with E-state index in [2.05, 4.69) is 72.4 Å². The Bertz CT molecular complexity index is 657. The summed E-state index contributed by atoms with van der Waals surface area (Å²) in [5, 5.41) is 0. The molecule has 0 radical (unpaired) electrons. The van der Waals surface area contributed by atoms with Gasteiger partial charge in [-0.1, -0.05) is 52.0 Å². The van der Waals surface area contributed by atoms with Crippen LogP contribution in [0.4, 0.5) is 0 Å². The molecule has 0 unspecified atom stereocenters.